The zero-order chi connectivity index (χ0) is 27.6. The maximum Gasteiger partial charge on any atom is 0.352 e. The summed E-state index contributed by atoms with van der Waals surface area (Å²) in [7, 11) is 1.68. The smallest absolute Gasteiger partial charge is 0.352 e. The minimum Gasteiger partial charge on any atom is -0.477 e. The van der Waals surface area contributed by atoms with Crippen molar-refractivity contribution in [3.63, 3.8) is 0 Å². The minimum atomic E-state index is -1.22. The summed E-state index contributed by atoms with van der Waals surface area (Å²) >= 11 is 2.64. The average Bonchev–Trinajstić information content (AvgIpc) is 3.27. The molecule has 2 aromatic rings. The van der Waals surface area contributed by atoms with Crippen LogP contribution in [0, 0.1) is 0 Å². The Kier molecular flexibility index (Phi) is 7.97. The Morgan fingerprint density at radius 3 is 2.55 bits per heavy atom. The third-order valence-electron chi connectivity index (χ3n) is 5.66. The first kappa shape index (κ1) is 27.4. The van der Waals surface area contributed by atoms with Crippen LogP contribution in [-0.2, 0) is 21.4 Å². The number of β-lactam (4-membered cyclic amide) rings is 1. The lowest BCUT2D eigenvalue weighted by Gasteiger charge is -2.49. The van der Waals surface area contributed by atoms with Gasteiger partial charge < -0.3 is 21.1 Å². The molecule has 2 unspecified atom stereocenters. The molecular weight excluding hydrogens is 532 g/mol. The van der Waals surface area contributed by atoms with Crippen molar-refractivity contribution in [3.05, 3.63) is 47.2 Å². The van der Waals surface area contributed by atoms with E-state index < -0.39 is 46.8 Å². The largest absolute Gasteiger partial charge is 0.477 e. The van der Waals surface area contributed by atoms with Gasteiger partial charge in [-0.2, -0.15) is 0 Å². The molecular formula is C23H28N8O5S2. The van der Waals surface area contributed by atoms with Gasteiger partial charge in [0, 0.05) is 24.1 Å². The van der Waals surface area contributed by atoms with Crippen molar-refractivity contribution >= 4 is 47.3 Å². The van der Waals surface area contributed by atoms with Gasteiger partial charge in [0.2, 0.25) is 11.1 Å². The summed E-state index contributed by atoms with van der Waals surface area (Å²) < 4.78 is 1.48. The topological polar surface area (TPSA) is 171 Å². The van der Waals surface area contributed by atoms with E-state index >= 15 is 0 Å². The molecule has 1 fully saturated rings. The van der Waals surface area contributed by atoms with Gasteiger partial charge in [-0.3, -0.25) is 14.5 Å². The standard InChI is InChI=1S/C23H28N8O5S2/c1-23(2,3)26-21(36)25-14(12-8-6-5-7-9-12)17(32)24-15-18(33)31-16(20(34)35)13(10-37-19(15)31)11-38-22-27-28-29-30(22)4/h5-9,14-15,19H,10-11H2,1-4H3,(H,24,32)(H,34,35)(H2,25,26,36)/t14?,15-,19?/m0/s1. The molecule has 1 saturated heterocycles. The Balaban J connectivity index is 1.48. The Bertz CT molecular complexity index is 1280. The van der Waals surface area contributed by atoms with E-state index in [0.29, 0.717) is 27.8 Å². The maximum absolute atomic E-state index is 13.3. The van der Waals surface area contributed by atoms with Gasteiger partial charge in [0.05, 0.1) is 0 Å². The summed E-state index contributed by atoms with van der Waals surface area (Å²) in [6, 6.07) is 6.15. The summed E-state index contributed by atoms with van der Waals surface area (Å²) in [4.78, 5) is 52.3. The second-order valence-electron chi connectivity index (χ2n) is 9.72. The van der Waals surface area contributed by atoms with Crippen LogP contribution < -0.4 is 16.0 Å². The first-order chi connectivity index (χ1) is 18.0. The van der Waals surface area contributed by atoms with Gasteiger partial charge in [0.1, 0.15) is 23.2 Å². The molecule has 2 aliphatic heterocycles. The average molecular weight is 561 g/mol. The Labute approximate surface area is 227 Å². The van der Waals surface area contributed by atoms with Crippen LogP contribution in [0.25, 0.3) is 0 Å². The number of aromatic nitrogens is 4. The quantitative estimate of drug-likeness (QED) is 0.268. The van der Waals surface area contributed by atoms with E-state index in [2.05, 4.69) is 31.5 Å². The summed E-state index contributed by atoms with van der Waals surface area (Å²) in [5.74, 6) is -1.67. The van der Waals surface area contributed by atoms with Crippen molar-refractivity contribution in [2.45, 2.75) is 48.9 Å². The van der Waals surface area contributed by atoms with Gasteiger partial charge in [0.25, 0.3) is 5.91 Å². The van der Waals surface area contributed by atoms with E-state index in [1.165, 1.54) is 33.1 Å². The van der Waals surface area contributed by atoms with Crippen molar-refractivity contribution in [1.82, 2.24) is 41.1 Å². The van der Waals surface area contributed by atoms with Crippen molar-refractivity contribution in [3.8, 4) is 0 Å². The molecule has 2 aliphatic rings. The fourth-order valence-electron chi connectivity index (χ4n) is 3.98. The van der Waals surface area contributed by atoms with E-state index in [4.69, 9.17) is 0 Å². The highest BCUT2D eigenvalue weighted by molar-refractivity contribution is 8.01. The highest BCUT2D eigenvalue weighted by atomic mass is 32.2. The number of urea groups is 1. The van der Waals surface area contributed by atoms with Crippen LogP contribution in [0.2, 0.25) is 0 Å². The molecule has 4 rings (SSSR count). The number of hydrogen-bond acceptors (Lipinski definition) is 9. The molecule has 4 N–H and O–H groups in total. The number of nitrogens with one attached hydrogen (secondary N) is 3. The molecule has 202 valence electrons. The number of aliphatic carboxylic acids is 1. The van der Waals surface area contributed by atoms with Gasteiger partial charge in [-0.25, -0.2) is 14.3 Å². The molecule has 1 aromatic heterocycles. The number of carbonyl (C=O) groups is 4. The van der Waals surface area contributed by atoms with E-state index in [-0.39, 0.29) is 5.70 Å². The van der Waals surface area contributed by atoms with E-state index in [1.54, 1.807) is 37.4 Å². The molecule has 0 saturated carbocycles. The second kappa shape index (κ2) is 11.0. The van der Waals surface area contributed by atoms with Crippen LogP contribution in [-0.4, -0.2) is 82.5 Å². The number of aryl methyl sites for hydroxylation is 1. The Morgan fingerprint density at radius 1 is 1.24 bits per heavy atom. The monoisotopic (exact) mass is 560 g/mol. The molecule has 3 atom stereocenters. The molecule has 13 nitrogen and oxygen atoms in total. The highest BCUT2D eigenvalue weighted by Crippen LogP contribution is 2.41. The first-order valence-electron chi connectivity index (χ1n) is 11.7. The molecule has 4 amide bonds. The van der Waals surface area contributed by atoms with E-state index in [0.717, 1.165) is 0 Å². The number of benzene rings is 1. The van der Waals surface area contributed by atoms with Gasteiger partial charge in [-0.05, 0) is 42.3 Å². The molecule has 3 heterocycles. The predicted octanol–water partition coefficient (Wildman–Crippen LogP) is 0.880. The number of hydrogen-bond donors (Lipinski definition) is 4. The summed E-state index contributed by atoms with van der Waals surface area (Å²) in [6.07, 6.45) is 0. The van der Waals surface area contributed by atoms with E-state index in [9.17, 15) is 24.3 Å². The number of carboxylic acids is 1. The molecule has 0 bridgehead atoms. The van der Waals surface area contributed by atoms with Crippen LogP contribution >= 0.6 is 23.5 Å². The van der Waals surface area contributed by atoms with Gasteiger partial charge in [0.15, 0.2) is 0 Å². The van der Waals surface area contributed by atoms with Crippen molar-refractivity contribution < 1.29 is 24.3 Å². The van der Waals surface area contributed by atoms with Crippen molar-refractivity contribution in [2.24, 2.45) is 7.05 Å². The number of rotatable bonds is 8. The number of tetrazole rings is 1. The van der Waals surface area contributed by atoms with Crippen LogP contribution in [0.4, 0.5) is 4.79 Å². The number of amides is 4. The summed E-state index contributed by atoms with van der Waals surface area (Å²) in [5, 5.41) is 29.2. The predicted molar refractivity (Wildman–Crippen MR) is 140 cm³/mol. The molecule has 15 heteroatoms. The van der Waals surface area contributed by atoms with Crippen molar-refractivity contribution in [2.75, 3.05) is 11.5 Å². The maximum atomic E-state index is 13.3. The van der Waals surface area contributed by atoms with E-state index in [1.807, 2.05) is 20.8 Å². The van der Waals surface area contributed by atoms with Crippen LogP contribution in [0.5, 0.6) is 0 Å². The lowest BCUT2D eigenvalue weighted by atomic mass is 10.0. The third-order valence-corrected chi connectivity index (χ3v) is 8.10. The zero-order valence-electron chi connectivity index (χ0n) is 21.2. The summed E-state index contributed by atoms with van der Waals surface area (Å²) in [5.41, 5.74) is 0.489. The first-order valence-corrected chi connectivity index (χ1v) is 13.7. The number of nitrogens with zero attached hydrogens (tertiary/aromatic N) is 5. The number of thioether (sulfide) groups is 2. The van der Waals surface area contributed by atoms with Crippen LogP contribution in [0.15, 0.2) is 46.8 Å². The summed E-state index contributed by atoms with van der Waals surface area (Å²) in [6.45, 7) is 5.45. The lowest BCUT2D eigenvalue weighted by molar-refractivity contribution is -0.151. The molecule has 0 radical (unpaired) electrons. The number of carboxylic acid groups (broad SMARTS) is 1. The number of carbonyl (C=O) groups excluding carboxylic acids is 3. The van der Waals surface area contributed by atoms with Gasteiger partial charge in [-0.1, -0.05) is 42.1 Å². The SMILES string of the molecule is Cn1nnnc1SCC1=C(C(=O)O)N2C(=O)[C@H](NC(=O)C(NC(=O)NC(C)(C)C)c3ccccc3)C2SC1. The van der Waals surface area contributed by atoms with Crippen LogP contribution in [0.3, 0.4) is 0 Å². The second-order valence-corrected chi connectivity index (χ2v) is 11.8. The van der Waals surface area contributed by atoms with Gasteiger partial charge >= 0.3 is 12.0 Å². The Hall–Kier alpha value is -3.59. The normalized spacial score (nSPS) is 19.8. The lowest BCUT2D eigenvalue weighted by Crippen LogP contribution is -2.71. The molecule has 0 spiro atoms. The fraction of sp³-hybridized carbons (Fsp3) is 0.435. The minimum absolute atomic E-state index is 0.0887. The zero-order valence-corrected chi connectivity index (χ0v) is 22.8. The third kappa shape index (κ3) is 5.93. The highest BCUT2D eigenvalue weighted by Gasteiger charge is 2.54. The molecule has 38 heavy (non-hydrogen) atoms. The van der Waals surface area contributed by atoms with Crippen LogP contribution in [0.1, 0.15) is 32.4 Å². The number of fused-ring (bicyclic) bond motifs is 1. The fourth-order valence-corrected chi connectivity index (χ4v) is 6.31. The van der Waals surface area contributed by atoms with Crippen molar-refractivity contribution in [1.29, 1.82) is 0 Å². The molecule has 0 aliphatic carbocycles. The molecule has 1 aromatic carbocycles. The van der Waals surface area contributed by atoms with Gasteiger partial charge in [-0.15, -0.1) is 16.9 Å². The Morgan fingerprint density at radius 2 is 1.95 bits per heavy atom.